The molecule has 4 rings (SSSR count). The average Bonchev–Trinajstić information content (AvgIpc) is 3.08. The highest BCUT2D eigenvalue weighted by molar-refractivity contribution is 9.10. The molecular formula is C16H11BrF3N3O. The second-order valence-electron chi connectivity index (χ2n) is 5.37. The highest BCUT2D eigenvalue weighted by Crippen LogP contribution is 2.38. The van der Waals surface area contributed by atoms with Crippen LogP contribution in [0.5, 0.6) is 5.75 Å². The molecule has 2 heterocycles. The van der Waals surface area contributed by atoms with Gasteiger partial charge < -0.3 is 14.6 Å². The molecule has 24 heavy (non-hydrogen) atoms. The number of ether oxygens (including phenoxy) is 1. The minimum Gasteiger partial charge on any atom is -0.434 e. The van der Waals surface area contributed by atoms with Gasteiger partial charge in [0.2, 0.25) is 5.95 Å². The van der Waals surface area contributed by atoms with E-state index in [1.54, 1.807) is 24.3 Å². The van der Waals surface area contributed by atoms with Crippen LogP contribution in [-0.2, 0) is 0 Å². The summed E-state index contributed by atoms with van der Waals surface area (Å²) in [7, 11) is 0. The minimum atomic E-state index is -2.90. The number of hydrogen-bond acceptors (Lipinski definition) is 3. The van der Waals surface area contributed by atoms with E-state index in [4.69, 9.17) is 0 Å². The van der Waals surface area contributed by atoms with Gasteiger partial charge in [-0.1, -0.05) is 18.2 Å². The number of benzene rings is 2. The van der Waals surface area contributed by atoms with Gasteiger partial charge in [-0.2, -0.15) is 8.78 Å². The van der Waals surface area contributed by atoms with Gasteiger partial charge in [-0.25, -0.2) is 9.37 Å². The van der Waals surface area contributed by atoms with Crippen LogP contribution in [0.15, 0.2) is 40.9 Å². The molecule has 2 aromatic carbocycles. The van der Waals surface area contributed by atoms with Gasteiger partial charge in [-0.3, -0.25) is 0 Å². The minimum absolute atomic E-state index is 0.121. The van der Waals surface area contributed by atoms with Crippen LogP contribution in [0.1, 0.15) is 11.6 Å². The Kier molecular flexibility index (Phi) is 3.64. The Hall–Kier alpha value is -2.22. The Bertz CT molecular complexity index is 928. The van der Waals surface area contributed by atoms with Crippen molar-refractivity contribution in [1.82, 2.24) is 9.55 Å². The summed E-state index contributed by atoms with van der Waals surface area (Å²) in [5, 5.41) is 3.13. The summed E-state index contributed by atoms with van der Waals surface area (Å²) >= 11 is 3.17. The molecule has 1 aliphatic rings. The zero-order valence-corrected chi connectivity index (χ0v) is 13.7. The number of halogens is 4. The van der Waals surface area contributed by atoms with Gasteiger partial charge in [-0.15, -0.1) is 0 Å². The van der Waals surface area contributed by atoms with Gasteiger partial charge in [0.15, 0.2) is 0 Å². The van der Waals surface area contributed by atoms with Crippen molar-refractivity contribution < 1.29 is 17.9 Å². The third kappa shape index (κ3) is 2.41. The van der Waals surface area contributed by atoms with E-state index < -0.39 is 12.4 Å². The largest absolute Gasteiger partial charge is 0.434 e. The van der Waals surface area contributed by atoms with E-state index in [9.17, 15) is 13.2 Å². The Morgan fingerprint density at radius 2 is 2.08 bits per heavy atom. The summed E-state index contributed by atoms with van der Waals surface area (Å²) in [4.78, 5) is 4.36. The molecule has 0 saturated heterocycles. The monoisotopic (exact) mass is 397 g/mol. The fourth-order valence-corrected chi connectivity index (χ4v) is 3.35. The van der Waals surface area contributed by atoms with Gasteiger partial charge in [-0.05, 0) is 28.1 Å². The van der Waals surface area contributed by atoms with Crippen molar-refractivity contribution in [3.8, 4) is 5.75 Å². The lowest BCUT2D eigenvalue weighted by molar-refractivity contribution is -0.0506. The summed E-state index contributed by atoms with van der Waals surface area (Å²) in [6.07, 6.45) is 0. The second-order valence-corrected chi connectivity index (χ2v) is 6.23. The Balaban J connectivity index is 1.86. The molecule has 0 fully saturated rings. The molecular weight excluding hydrogens is 387 g/mol. The molecule has 1 aliphatic heterocycles. The molecule has 0 aliphatic carbocycles. The number of aromatic nitrogens is 2. The zero-order chi connectivity index (χ0) is 16.8. The second kappa shape index (κ2) is 5.70. The molecule has 0 saturated carbocycles. The van der Waals surface area contributed by atoms with Crippen LogP contribution < -0.4 is 10.1 Å². The number of imidazole rings is 1. The maximum absolute atomic E-state index is 13.7. The van der Waals surface area contributed by atoms with Crippen molar-refractivity contribution in [1.29, 1.82) is 0 Å². The maximum atomic E-state index is 13.7. The maximum Gasteiger partial charge on any atom is 0.387 e. The Labute approximate surface area is 143 Å². The lowest BCUT2D eigenvalue weighted by Crippen LogP contribution is -2.13. The van der Waals surface area contributed by atoms with E-state index in [0.29, 0.717) is 33.6 Å². The highest BCUT2D eigenvalue weighted by atomic mass is 79.9. The molecule has 3 aromatic rings. The van der Waals surface area contributed by atoms with Crippen molar-refractivity contribution in [3.05, 3.63) is 52.3 Å². The predicted octanol–water partition coefficient (Wildman–Crippen LogP) is 4.55. The van der Waals surface area contributed by atoms with Crippen LogP contribution in [0.2, 0.25) is 0 Å². The summed E-state index contributed by atoms with van der Waals surface area (Å²) in [5.41, 5.74) is 1.82. The molecule has 1 atom stereocenters. The molecule has 8 heteroatoms. The number of anilines is 1. The van der Waals surface area contributed by atoms with E-state index in [0.717, 1.165) is 0 Å². The lowest BCUT2D eigenvalue weighted by Gasteiger charge is -2.17. The molecule has 0 bridgehead atoms. The number of hydrogen-bond donors (Lipinski definition) is 1. The Morgan fingerprint density at radius 3 is 2.88 bits per heavy atom. The summed E-state index contributed by atoms with van der Waals surface area (Å²) < 4.78 is 45.9. The third-order valence-electron chi connectivity index (χ3n) is 3.99. The van der Waals surface area contributed by atoms with Gasteiger partial charge >= 0.3 is 6.61 Å². The summed E-state index contributed by atoms with van der Waals surface area (Å²) in [6.45, 7) is -2.42. The van der Waals surface area contributed by atoms with Gasteiger partial charge in [0.25, 0.3) is 0 Å². The average molecular weight is 398 g/mol. The number of alkyl halides is 2. The predicted molar refractivity (Wildman–Crippen MR) is 87.1 cm³/mol. The van der Waals surface area contributed by atoms with Crippen molar-refractivity contribution in [3.63, 3.8) is 0 Å². The lowest BCUT2D eigenvalue weighted by atomic mass is 10.1. The van der Waals surface area contributed by atoms with E-state index >= 15 is 0 Å². The standard InChI is InChI=1S/C16H11BrF3N3O/c17-9-5-12-11(6-10(9)18)22-16-21-7-13(23(12)16)8-3-1-2-4-14(8)24-15(19)20/h1-6,13,15H,7H2,(H,21,22). The van der Waals surface area contributed by atoms with Crippen molar-refractivity contribution in [2.45, 2.75) is 12.7 Å². The molecule has 0 radical (unpaired) electrons. The van der Waals surface area contributed by atoms with Gasteiger partial charge in [0.1, 0.15) is 11.6 Å². The zero-order valence-electron chi connectivity index (χ0n) is 12.1. The van der Waals surface area contributed by atoms with E-state index in [1.165, 1.54) is 12.1 Å². The smallest absolute Gasteiger partial charge is 0.387 e. The first-order valence-corrected chi connectivity index (χ1v) is 7.98. The number of rotatable bonds is 3. The molecule has 1 unspecified atom stereocenters. The molecule has 1 N–H and O–H groups in total. The first-order valence-electron chi connectivity index (χ1n) is 7.19. The van der Waals surface area contributed by atoms with Crippen LogP contribution in [-0.4, -0.2) is 22.7 Å². The third-order valence-corrected chi connectivity index (χ3v) is 4.60. The van der Waals surface area contributed by atoms with Crippen LogP contribution in [0, 0.1) is 5.82 Å². The number of fused-ring (bicyclic) bond motifs is 3. The number of nitrogens with one attached hydrogen (secondary N) is 1. The number of para-hydroxylation sites is 1. The molecule has 1 aromatic heterocycles. The summed E-state index contributed by atoms with van der Waals surface area (Å²) in [5.74, 6) is 0.284. The van der Waals surface area contributed by atoms with Crippen LogP contribution >= 0.6 is 15.9 Å². The van der Waals surface area contributed by atoms with Crippen LogP contribution in [0.4, 0.5) is 19.1 Å². The van der Waals surface area contributed by atoms with Crippen molar-refractivity contribution >= 4 is 32.9 Å². The molecule has 4 nitrogen and oxygen atoms in total. The van der Waals surface area contributed by atoms with Crippen molar-refractivity contribution in [2.75, 3.05) is 11.9 Å². The SMILES string of the molecule is Fc1cc2nc3n(c2cc1Br)C(c1ccccc1OC(F)F)CN3. The van der Waals surface area contributed by atoms with Crippen molar-refractivity contribution in [2.24, 2.45) is 0 Å². The Morgan fingerprint density at radius 1 is 1.29 bits per heavy atom. The fraction of sp³-hybridized carbons (Fsp3) is 0.188. The van der Waals surface area contributed by atoms with E-state index in [2.05, 4.69) is 31.0 Å². The quantitative estimate of drug-likeness (QED) is 0.704. The molecule has 0 amide bonds. The molecule has 0 spiro atoms. The summed E-state index contributed by atoms with van der Waals surface area (Å²) in [6, 6.07) is 9.35. The number of nitrogens with zero attached hydrogens (tertiary/aromatic N) is 2. The fourth-order valence-electron chi connectivity index (χ4n) is 3.02. The van der Waals surface area contributed by atoms with Crippen LogP contribution in [0.3, 0.4) is 0 Å². The topological polar surface area (TPSA) is 39.1 Å². The van der Waals surface area contributed by atoms with Crippen LogP contribution in [0.25, 0.3) is 11.0 Å². The first-order chi connectivity index (χ1) is 11.5. The van der Waals surface area contributed by atoms with Gasteiger partial charge in [0, 0.05) is 18.2 Å². The van der Waals surface area contributed by atoms with E-state index in [1.807, 2.05) is 4.57 Å². The first kappa shape index (κ1) is 15.3. The highest BCUT2D eigenvalue weighted by Gasteiger charge is 2.29. The van der Waals surface area contributed by atoms with E-state index in [-0.39, 0.29) is 11.8 Å². The molecule has 124 valence electrons. The van der Waals surface area contributed by atoms with Gasteiger partial charge in [0.05, 0.1) is 21.5 Å². The normalized spacial score (nSPS) is 16.5.